The Balaban J connectivity index is 1.57. The van der Waals surface area contributed by atoms with E-state index in [0.717, 1.165) is 61.7 Å². The summed E-state index contributed by atoms with van der Waals surface area (Å²) in [6.07, 6.45) is 4.19. The molecule has 4 nitrogen and oxygen atoms in total. The first-order valence-electron chi connectivity index (χ1n) is 10.5. The van der Waals surface area contributed by atoms with Crippen molar-refractivity contribution in [1.82, 2.24) is 9.80 Å². The van der Waals surface area contributed by atoms with Crippen LogP contribution in [0.5, 0.6) is 5.75 Å². The minimum absolute atomic E-state index is 0.0377. The standard InChI is InChI=1S/C24H29ClN2O2/c1-26-14-11-17(12-15-26)19-10-9-18(16-23(19)29-2)24(28)27-13-5-8-22(27)20-6-3-4-7-21(20)25/h3-4,6-7,9-10,16-17,22H,5,8,11-15H2,1-2H3/t22-/m1/s1. The predicted molar refractivity (Wildman–Crippen MR) is 117 cm³/mol. The quantitative estimate of drug-likeness (QED) is 0.697. The van der Waals surface area contributed by atoms with Crippen LogP contribution in [0.15, 0.2) is 42.5 Å². The number of benzene rings is 2. The van der Waals surface area contributed by atoms with Crippen molar-refractivity contribution in [3.63, 3.8) is 0 Å². The predicted octanol–water partition coefficient (Wildman–Crippen LogP) is 5.14. The molecule has 0 spiro atoms. The van der Waals surface area contributed by atoms with Crippen molar-refractivity contribution in [2.45, 2.75) is 37.6 Å². The molecule has 2 saturated heterocycles. The third kappa shape index (κ3) is 4.15. The van der Waals surface area contributed by atoms with Crippen LogP contribution in [0, 0.1) is 0 Å². The SMILES string of the molecule is COc1cc(C(=O)N2CCC[C@@H]2c2ccccc2Cl)ccc1C1CCN(C)CC1. The molecule has 0 bridgehead atoms. The van der Waals surface area contributed by atoms with Crippen LogP contribution >= 0.6 is 11.6 Å². The summed E-state index contributed by atoms with van der Waals surface area (Å²) in [6.45, 7) is 2.96. The Morgan fingerprint density at radius 2 is 1.79 bits per heavy atom. The zero-order chi connectivity index (χ0) is 20.4. The van der Waals surface area contributed by atoms with Gasteiger partial charge >= 0.3 is 0 Å². The highest BCUT2D eigenvalue weighted by Gasteiger charge is 2.32. The van der Waals surface area contributed by atoms with Gasteiger partial charge in [0, 0.05) is 17.1 Å². The lowest BCUT2D eigenvalue weighted by atomic mass is 9.88. The Bertz CT molecular complexity index is 877. The van der Waals surface area contributed by atoms with E-state index in [2.05, 4.69) is 18.0 Å². The fraction of sp³-hybridized carbons (Fsp3) is 0.458. The van der Waals surface area contributed by atoms with E-state index >= 15 is 0 Å². The Morgan fingerprint density at radius 1 is 1.03 bits per heavy atom. The second-order valence-corrected chi connectivity index (χ2v) is 8.62. The summed E-state index contributed by atoms with van der Waals surface area (Å²) in [4.78, 5) is 17.7. The monoisotopic (exact) mass is 412 g/mol. The van der Waals surface area contributed by atoms with Crippen LogP contribution < -0.4 is 4.74 Å². The molecular formula is C24H29ClN2O2. The Hall–Kier alpha value is -2.04. The molecule has 5 heteroatoms. The summed E-state index contributed by atoms with van der Waals surface area (Å²) < 4.78 is 5.70. The number of halogens is 1. The van der Waals surface area contributed by atoms with Gasteiger partial charge in [-0.2, -0.15) is 0 Å². The number of ether oxygens (including phenoxy) is 1. The molecule has 2 aromatic rings. The molecule has 29 heavy (non-hydrogen) atoms. The van der Waals surface area contributed by atoms with E-state index in [1.165, 1.54) is 5.56 Å². The molecule has 0 unspecified atom stereocenters. The van der Waals surface area contributed by atoms with E-state index in [9.17, 15) is 4.79 Å². The highest BCUT2D eigenvalue weighted by atomic mass is 35.5. The van der Waals surface area contributed by atoms with Crippen molar-refractivity contribution in [2.24, 2.45) is 0 Å². The van der Waals surface area contributed by atoms with E-state index < -0.39 is 0 Å². The zero-order valence-electron chi connectivity index (χ0n) is 17.2. The minimum Gasteiger partial charge on any atom is -0.496 e. The number of hydrogen-bond donors (Lipinski definition) is 0. The lowest BCUT2D eigenvalue weighted by Gasteiger charge is -2.30. The van der Waals surface area contributed by atoms with Gasteiger partial charge in [0.2, 0.25) is 0 Å². The second-order valence-electron chi connectivity index (χ2n) is 8.21. The number of carbonyl (C=O) groups excluding carboxylic acids is 1. The normalized spacial score (nSPS) is 20.8. The van der Waals surface area contributed by atoms with Crippen LogP contribution in [0.1, 0.15) is 59.1 Å². The lowest BCUT2D eigenvalue weighted by molar-refractivity contribution is 0.0735. The molecule has 2 aliphatic rings. The maximum absolute atomic E-state index is 13.4. The lowest BCUT2D eigenvalue weighted by Crippen LogP contribution is -2.31. The van der Waals surface area contributed by atoms with Crippen LogP contribution in [-0.4, -0.2) is 49.5 Å². The Labute approximate surface area is 178 Å². The van der Waals surface area contributed by atoms with Gasteiger partial charge in [0.15, 0.2) is 0 Å². The molecule has 154 valence electrons. The summed E-state index contributed by atoms with van der Waals surface area (Å²) in [7, 11) is 3.87. The average Bonchev–Trinajstić information content (AvgIpc) is 3.23. The zero-order valence-corrected chi connectivity index (χ0v) is 18.0. The number of piperidine rings is 1. The molecule has 0 aromatic heterocycles. The summed E-state index contributed by atoms with van der Waals surface area (Å²) in [5.74, 6) is 1.38. The van der Waals surface area contributed by atoms with Crippen molar-refractivity contribution >= 4 is 17.5 Å². The van der Waals surface area contributed by atoms with Crippen LogP contribution in [0.3, 0.4) is 0 Å². The maximum Gasteiger partial charge on any atom is 0.254 e. The fourth-order valence-electron chi connectivity index (χ4n) is 4.75. The van der Waals surface area contributed by atoms with E-state index in [1.54, 1.807) is 7.11 Å². The number of methoxy groups -OCH3 is 1. The third-order valence-corrected chi connectivity index (χ3v) is 6.76. The molecule has 0 aliphatic carbocycles. The molecule has 0 radical (unpaired) electrons. The van der Waals surface area contributed by atoms with E-state index in [4.69, 9.17) is 16.3 Å². The molecule has 2 aromatic carbocycles. The molecule has 2 aliphatic heterocycles. The smallest absolute Gasteiger partial charge is 0.254 e. The van der Waals surface area contributed by atoms with Gasteiger partial charge in [-0.05, 0) is 81.1 Å². The fourth-order valence-corrected chi connectivity index (χ4v) is 5.01. The number of nitrogens with zero attached hydrogens (tertiary/aromatic N) is 2. The highest BCUT2D eigenvalue weighted by Crippen LogP contribution is 2.38. The Kier molecular flexibility index (Phi) is 6.12. The molecule has 2 fully saturated rings. The number of rotatable bonds is 4. The van der Waals surface area contributed by atoms with Crippen molar-refractivity contribution < 1.29 is 9.53 Å². The van der Waals surface area contributed by atoms with Gasteiger partial charge in [-0.25, -0.2) is 0 Å². The van der Waals surface area contributed by atoms with Crippen LogP contribution in [0.4, 0.5) is 0 Å². The van der Waals surface area contributed by atoms with Crippen LogP contribution in [0.2, 0.25) is 5.02 Å². The van der Waals surface area contributed by atoms with E-state index in [0.29, 0.717) is 11.5 Å². The summed E-state index contributed by atoms with van der Waals surface area (Å²) in [5, 5.41) is 0.729. The summed E-state index contributed by atoms with van der Waals surface area (Å²) in [5.41, 5.74) is 2.95. The second kappa shape index (κ2) is 8.76. The molecule has 0 saturated carbocycles. The van der Waals surface area contributed by atoms with Gasteiger partial charge in [-0.3, -0.25) is 4.79 Å². The molecule has 1 amide bonds. The number of amides is 1. The van der Waals surface area contributed by atoms with Crippen molar-refractivity contribution in [3.8, 4) is 5.75 Å². The van der Waals surface area contributed by atoms with Gasteiger partial charge in [-0.1, -0.05) is 35.9 Å². The number of carbonyl (C=O) groups is 1. The largest absolute Gasteiger partial charge is 0.496 e. The molecule has 4 rings (SSSR count). The van der Waals surface area contributed by atoms with Gasteiger partial charge < -0.3 is 14.5 Å². The average molecular weight is 413 g/mol. The molecule has 1 atom stereocenters. The molecule has 0 N–H and O–H groups in total. The summed E-state index contributed by atoms with van der Waals surface area (Å²) >= 11 is 6.42. The number of likely N-dealkylation sites (tertiary alicyclic amines) is 2. The van der Waals surface area contributed by atoms with Crippen molar-refractivity contribution in [3.05, 3.63) is 64.2 Å². The third-order valence-electron chi connectivity index (χ3n) is 6.42. The maximum atomic E-state index is 13.4. The first kappa shape index (κ1) is 20.2. The van der Waals surface area contributed by atoms with Crippen LogP contribution in [0.25, 0.3) is 0 Å². The minimum atomic E-state index is 0.0377. The highest BCUT2D eigenvalue weighted by molar-refractivity contribution is 6.31. The van der Waals surface area contributed by atoms with E-state index in [1.807, 2.05) is 41.3 Å². The van der Waals surface area contributed by atoms with Crippen molar-refractivity contribution in [1.29, 1.82) is 0 Å². The summed E-state index contributed by atoms with van der Waals surface area (Å²) in [6, 6.07) is 13.9. The Morgan fingerprint density at radius 3 is 2.52 bits per heavy atom. The van der Waals surface area contributed by atoms with Crippen LogP contribution in [-0.2, 0) is 0 Å². The first-order valence-corrected chi connectivity index (χ1v) is 10.9. The van der Waals surface area contributed by atoms with E-state index in [-0.39, 0.29) is 11.9 Å². The van der Waals surface area contributed by atoms with Gasteiger partial charge in [0.05, 0.1) is 13.2 Å². The van der Waals surface area contributed by atoms with Crippen molar-refractivity contribution in [2.75, 3.05) is 33.8 Å². The first-order chi connectivity index (χ1) is 14.1. The van der Waals surface area contributed by atoms with Gasteiger partial charge in [0.1, 0.15) is 5.75 Å². The topological polar surface area (TPSA) is 32.8 Å². The molecule has 2 heterocycles. The number of hydrogen-bond acceptors (Lipinski definition) is 3. The van der Waals surface area contributed by atoms with Gasteiger partial charge in [-0.15, -0.1) is 0 Å². The molecular weight excluding hydrogens is 384 g/mol. The van der Waals surface area contributed by atoms with Gasteiger partial charge in [0.25, 0.3) is 5.91 Å².